The predicted octanol–water partition coefficient (Wildman–Crippen LogP) is 2.68. The summed E-state index contributed by atoms with van der Waals surface area (Å²) in [7, 11) is 1.38. The molecule has 4 heteroatoms. The lowest BCUT2D eigenvalue weighted by atomic mass is 9.94. The van der Waals surface area contributed by atoms with Crippen LogP contribution in [0.1, 0.15) is 52.4 Å². The highest BCUT2D eigenvalue weighted by Crippen LogP contribution is 2.23. The average molecular weight is 267 g/mol. The summed E-state index contributed by atoms with van der Waals surface area (Å²) in [6.07, 6.45) is 7.61. The summed E-state index contributed by atoms with van der Waals surface area (Å²) in [6, 6.07) is 0.279. The molecule has 1 rings (SSSR count). The number of nitrogens with zero attached hydrogens (tertiary/aromatic N) is 1. The van der Waals surface area contributed by atoms with E-state index in [4.69, 9.17) is 0 Å². The van der Waals surface area contributed by atoms with Crippen LogP contribution in [0.25, 0.3) is 0 Å². The normalized spacial score (nSPS) is 15.7. The van der Waals surface area contributed by atoms with Crippen molar-refractivity contribution in [2.75, 3.05) is 13.7 Å². The molecule has 0 aromatic heterocycles. The number of hydrogen-bond acceptors (Lipinski definition) is 3. The molecular weight excluding hydrogens is 242 g/mol. The quantitative estimate of drug-likeness (QED) is 0.568. The zero-order chi connectivity index (χ0) is 14.3. The molecule has 4 nitrogen and oxygen atoms in total. The first-order chi connectivity index (χ1) is 9.04. The fourth-order valence-electron chi connectivity index (χ4n) is 2.51. The summed E-state index contributed by atoms with van der Waals surface area (Å²) in [5, 5.41) is 0. The van der Waals surface area contributed by atoms with Gasteiger partial charge in [0.15, 0.2) is 0 Å². The van der Waals surface area contributed by atoms with Gasteiger partial charge in [0.2, 0.25) is 5.91 Å². The predicted molar refractivity (Wildman–Crippen MR) is 74.7 cm³/mol. The van der Waals surface area contributed by atoms with Gasteiger partial charge in [0.05, 0.1) is 13.5 Å². The van der Waals surface area contributed by atoms with Gasteiger partial charge in [-0.1, -0.05) is 24.8 Å². The number of esters is 1. The maximum Gasteiger partial charge on any atom is 0.307 e. The Morgan fingerprint density at radius 1 is 1.21 bits per heavy atom. The molecule has 0 radical (unpaired) electrons. The minimum atomic E-state index is -0.259. The molecule has 0 aromatic carbocycles. The van der Waals surface area contributed by atoms with Crippen molar-refractivity contribution >= 4 is 11.9 Å². The summed E-state index contributed by atoms with van der Waals surface area (Å²) in [6.45, 7) is 4.29. The Morgan fingerprint density at radius 3 is 2.37 bits per heavy atom. The molecule has 108 valence electrons. The van der Waals surface area contributed by atoms with E-state index in [1.165, 1.54) is 26.4 Å². The third-order valence-corrected chi connectivity index (χ3v) is 3.50. The first-order valence-corrected chi connectivity index (χ1v) is 7.07. The molecule has 19 heavy (non-hydrogen) atoms. The lowest BCUT2D eigenvalue weighted by Gasteiger charge is -2.33. The number of carbonyl (C=O) groups is 2. The smallest absolute Gasteiger partial charge is 0.307 e. The van der Waals surface area contributed by atoms with Crippen molar-refractivity contribution in [3.05, 3.63) is 11.6 Å². The number of carbonyl (C=O) groups excluding carboxylic acids is 2. The lowest BCUT2D eigenvalue weighted by Crippen LogP contribution is -2.42. The van der Waals surface area contributed by atoms with Gasteiger partial charge < -0.3 is 9.64 Å². The molecule has 0 N–H and O–H groups in total. The Bertz CT molecular complexity index is 339. The highest BCUT2D eigenvalue weighted by Gasteiger charge is 2.24. The number of amides is 1. The van der Waals surface area contributed by atoms with Crippen molar-refractivity contribution in [2.45, 2.75) is 58.4 Å². The molecule has 0 aromatic rings. The molecule has 0 bridgehead atoms. The van der Waals surface area contributed by atoms with Crippen molar-refractivity contribution in [3.63, 3.8) is 0 Å². The lowest BCUT2D eigenvalue weighted by molar-refractivity contribution is -0.141. The number of methoxy groups -OCH3 is 1. The molecule has 1 aliphatic rings. The van der Waals surface area contributed by atoms with Gasteiger partial charge in [-0.25, -0.2) is 0 Å². The number of hydrogen-bond donors (Lipinski definition) is 0. The van der Waals surface area contributed by atoms with Crippen LogP contribution in [0.3, 0.4) is 0 Å². The molecule has 1 aliphatic carbocycles. The van der Waals surface area contributed by atoms with Crippen molar-refractivity contribution in [3.8, 4) is 0 Å². The van der Waals surface area contributed by atoms with E-state index in [-0.39, 0.29) is 24.3 Å². The van der Waals surface area contributed by atoms with Crippen LogP contribution >= 0.6 is 0 Å². The van der Waals surface area contributed by atoms with E-state index in [9.17, 15) is 9.59 Å². The van der Waals surface area contributed by atoms with E-state index >= 15 is 0 Å². The second kappa shape index (κ2) is 7.97. The van der Waals surface area contributed by atoms with Gasteiger partial charge in [0, 0.05) is 18.7 Å². The Morgan fingerprint density at radius 2 is 1.84 bits per heavy atom. The number of allylic oxidation sites excluding steroid dienone is 1. The molecule has 0 saturated heterocycles. The maximum absolute atomic E-state index is 12.3. The van der Waals surface area contributed by atoms with Crippen molar-refractivity contribution < 1.29 is 14.3 Å². The van der Waals surface area contributed by atoms with Crippen molar-refractivity contribution in [2.24, 2.45) is 0 Å². The summed E-state index contributed by atoms with van der Waals surface area (Å²) < 4.78 is 4.66. The van der Waals surface area contributed by atoms with Crippen molar-refractivity contribution in [1.29, 1.82) is 0 Å². The molecule has 1 fully saturated rings. The van der Waals surface area contributed by atoms with E-state index in [0.29, 0.717) is 6.54 Å². The van der Waals surface area contributed by atoms with Gasteiger partial charge in [-0.2, -0.15) is 0 Å². The van der Waals surface area contributed by atoms with Crippen LogP contribution in [-0.4, -0.2) is 36.5 Å². The zero-order valence-corrected chi connectivity index (χ0v) is 12.3. The maximum atomic E-state index is 12.3. The monoisotopic (exact) mass is 267 g/mol. The Kier molecular flexibility index (Phi) is 6.60. The van der Waals surface area contributed by atoms with E-state index in [1.807, 2.05) is 18.7 Å². The highest BCUT2D eigenvalue weighted by atomic mass is 16.5. The van der Waals surface area contributed by atoms with Gasteiger partial charge in [0.25, 0.3) is 0 Å². The fraction of sp³-hybridized carbons (Fsp3) is 0.733. The van der Waals surface area contributed by atoms with Gasteiger partial charge >= 0.3 is 5.97 Å². The molecule has 0 atom stereocenters. The second-order valence-electron chi connectivity index (χ2n) is 5.37. The van der Waals surface area contributed by atoms with Crippen LogP contribution in [0.5, 0.6) is 0 Å². The highest BCUT2D eigenvalue weighted by molar-refractivity contribution is 5.88. The van der Waals surface area contributed by atoms with E-state index in [0.717, 1.165) is 18.4 Å². The Balaban J connectivity index is 2.68. The van der Waals surface area contributed by atoms with Crippen LogP contribution in [0, 0.1) is 0 Å². The van der Waals surface area contributed by atoms with Crippen LogP contribution in [-0.2, 0) is 14.3 Å². The summed E-state index contributed by atoms with van der Waals surface area (Å²) in [5.41, 5.74) is 0.990. The van der Waals surface area contributed by atoms with Crippen LogP contribution in [0.4, 0.5) is 0 Å². The molecule has 1 saturated carbocycles. The van der Waals surface area contributed by atoms with Gasteiger partial charge in [-0.3, -0.25) is 9.59 Å². The van der Waals surface area contributed by atoms with Gasteiger partial charge in [-0.05, 0) is 26.7 Å². The third-order valence-electron chi connectivity index (χ3n) is 3.50. The van der Waals surface area contributed by atoms with E-state index < -0.39 is 0 Å². The largest absolute Gasteiger partial charge is 0.469 e. The minimum absolute atomic E-state index is 0.0239. The Labute approximate surface area is 115 Å². The summed E-state index contributed by atoms with van der Waals surface area (Å²) in [4.78, 5) is 25.4. The van der Waals surface area contributed by atoms with E-state index in [1.54, 1.807) is 6.08 Å². The summed E-state index contributed by atoms with van der Waals surface area (Å²) >= 11 is 0. The number of rotatable bonds is 5. The Hall–Kier alpha value is -1.32. The second-order valence-corrected chi connectivity index (χ2v) is 5.37. The molecule has 1 amide bonds. The average Bonchev–Trinajstić information content (AvgIpc) is 2.39. The van der Waals surface area contributed by atoms with Crippen LogP contribution < -0.4 is 0 Å². The van der Waals surface area contributed by atoms with E-state index in [2.05, 4.69) is 4.74 Å². The van der Waals surface area contributed by atoms with Crippen molar-refractivity contribution in [1.82, 2.24) is 4.90 Å². The summed E-state index contributed by atoms with van der Waals surface area (Å²) in [5.74, 6) is -0.235. The number of ether oxygens (including phenoxy) is 1. The zero-order valence-electron chi connectivity index (χ0n) is 12.3. The minimum Gasteiger partial charge on any atom is -0.469 e. The van der Waals surface area contributed by atoms with Gasteiger partial charge in [-0.15, -0.1) is 0 Å². The topological polar surface area (TPSA) is 46.6 Å². The van der Waals surface area contributed by atoms with Crippen LogP contribution in [0.2, 0.25) is 0 Å². The standard InChI is InChI=1S/C15H25NO3/c1-12(2)11-14(17)16(10-9-15(18)19-3)13-7-5-4-6-8-13/h11,13H,4-10H2,1-3H3. The molecule has 0 unspecified atom stereocenters. The third kappa shape index (κ3) is 5.45. The molecular formula is C15H25NO3. The first kappa shape index (κ1) is 15.7. The SMILES string of the molecule is COC(=O)CCN(C(=O)C=C(C)C)C1CCCCC1. The molecule has 0 spiro atoms. The molecule has 0 aliphatic heterocycles. The van der Waals surface area contributed by atoms with Crippen LogP contribution in [0.15, 0.2) is 11.6 Å². The van der Waals surface area contributed by atoms with Gasteiger partial charge in [0.1, 0.15) is 0 Å². The fourth-order valence-corrected chi connectivity index (χ4v) is 2.51. The first-order valence-electron chi connectivity index (χ1n) is 7.07. The molecule has 0 heterocycles.